The second kappa shape index (κ2) is 3.54. The van der Waals surface area contributed by atoms with Gasteiger partial charge in [0, 0.05) is 6.54 Å². The van der Waals surface area contributed by atoms with Gasteiger partial charge in [-0.15, -0.1) is 0 Å². The summed E-state index contributed by atoms with van der Waals surface area (Å²) < 4.78 is 14.2. The van der Waals surface area contributed by atoms with E-state index in [1.54, 1.807) is 0 Å². The Hall–Kier alpha value is -0.150. The fourth-order valence-corrected chi connectivity index (χ4v) is 2.56. The number of halogens is 1. The molecule has 2 heterocycles. The molecule has 0 aromatic heterocycles. The zero-order chi connectivity index (χ0) is 9.31. The Kier molecular flexibility index (Phi) is 2.56. The van der Waals surface area contributed by atoms with Gasteiger partial charge in [0.2, 0.25) is 0 Å². The highest BCUT2D eigenvalue weighted by Crippen LogP contribution is 2.35. The van der Waals surface area contributed by atoms with E-state index in [-0.39, 0.29) is 0 Å². The molecule has 0 saturated carbocycles. The summed E-state index contributed by atoms with van der Waals surface area (Å²) in [5.41, 5.74) is -0.888. The highest BCUT2D eigenvalue weighted by Gasteiger charge is 2.42. The quantitative estimate of drug-likeness (QED) is 0.658. The minimum atomic E-state index is -0.888. The molecule has 0 bridgehead atoms. The first-order valence-electron chi connectivity index (χ1n) is 5.29. The first-order valence-corrected chi connectivity index (χ1v) is 5.29. The first kappa shape index (κ1) is 9.41. The molecular weight excluding hydrogens is 167 g/mol. The number of nitrogens with one attached hydrogen (secondary N) is 1. The third-order valence-corrected chi connectivity index (χ3v) is 3.59. The molecule has 2 nitrogen and oxygen atoms in total. The molecular formula is C10H19FN2. The Morgan fingerprint density at radius 2 is 2.08 bits per heavy atom. The van der Waals surface area contributed by atoms with E-state index in [9.17, 15) is 4.39 Å². The third-order valence-electron chi connectivity index (χ3n) is 3.59. The van der Waals surface area contributed by atoms with E-state index in [1.807, 2.05) is 0 Å². The topological polar surface area (TPSA) is 15.3 Å². The fraction of sp³-hybridized carbons (Fsp3) is 1.00. The van der Waals surface area contributed by atoms with Crippen LogP contribution < -0.4 is 5.32 Å². The average molecular weight is 186 g/mol. The predicted octanol–water partition coefficient (Wildman–Crippen LogP) is 1.03. The van der Waals surface area contributed by atoms with Crippen molar-refractivity contribution >= 4 is 0 Å². The second-order valence-electron chi connectivity index (χ2n) is 4.54. The maximum absolute atomic E-state index is 14.2. The van der Waals surface area contributed by atoms with Crippen LogP contribution in [0.1, 0.15) is 19.3 Å². The summed E-state index contributed by atoms with van der Waals surface area (Å²) >= 11 is 0. The van der Waals surface area contributed by atoms with E-state index >= 15 is 0 Å². The minimum absolute atomic E-state index is 0.304. The zero-order valence-corrected chi connectivity index (χ0v) is 8.35. The molecule has 13 heavy (non-hydrogen) atoms. The van der Waals surface area contributed by atoms with Gasteiger partial charge in [-0.25, -0.2) is 4.39 Å². The van der Waals surface area contributed by atoms with E-state index in [0.717, 1.165) is 38.9 Å². The smallest absolute Gasteiger partial charge is 0.127 e. The van der Waals surface area contributed by atoms with E-state index in [2.05, 4.69) is 17.3 Å². The number of alkyl halides is 1. The van der Waals surface area contributed by atoms with E-state index < -0.39 is 5.67 Å². The van der Waals surface area contributed by atoms with E-state index in [0.29, 0.717) is 12.5 Å². The maximum atomic E-state index is 14.2. The van der Waals surface area contributed by atoms with E-state index in [1.165, 1.54) is 0 Å². The van der Waals surface area contributed by atoms with Crippen molar-refractivity contribution in [2.75, 3.05) is 33.2 Å². The maximum Gasteiger partial charge on any atom is 0.127 e. The van der Waals surface area contributed by atoms with Crippen LogP contribution in [0.2, 0.25) is 0 Å². The van der Waals surface area contributed by atoms with Crippen LogP contribution in [0.25, 0.3) is 0 Å². The van der Waals surface area contributed by atoms with Crippen LogP contribution in [0, 0.1) is 5.92 Å². The van der Waals surface area contributed by atoms with Gasteiger partial charge in [0.05, 0.1) is 0 Å². The number of hydrogen-bond acceptors (Lipinski definition) is 2. The van der Waals surface area contributed by atoms with Crippen molar-refractivity contribution in [2.24, 2.45) is 5.92 Å². The molecule has 2 aliphatic heterocycles. The van der Waals surface area contributed by atoms with Crippen molar-refractivity contribution in [3.8, 4) is 0 Å². The molecule has 2 fully saturated rings. The Labute approximate surface area is 79.5 Å². The predicted molar refractivity (Wildman–Crippen MR) is 51.5 cm³/mol. The van der Waals surface area contributed by atoms with Crippen LogP contribution in [-0.2, 0) is 0 Å². The van der Waals surface area contributed by atoms with Crippen LogP contribution in [0.4, 0.5) is 4.39 Å². The highest BCUT2D eigenvalue weighted by molar-refractivity contribution is 4.95. The van der Waals surface area contributed by atoms with Gasteiger partial charge < -0.3 is 10.2 Å². The van der Waals surface area contributed by atoms with Crippen LogP contribution in [0.5, 0.6) is 0 Å². The summed E-state index contributed by atoms with van der Waals surface area (Å²) in [6.45, 7) is 3.58. The molecule has 0 radical (unpaired) electrons. The van der Waals surface area contributed by atoms with Gasteiger partial charge in [0.25, 0.3) is 0 Å². The first-order chi connectivity index (χ1) is 6.21. The van der Waals surface area contributed by atoms with Gasteiger partial charge >= 0.3 is 0 Å². The molecule has 0 spiro atoms. The lowest BCUT2D eigenvalue weighted by Gasteiger charge is -2.36. The van der Waals surface area contributed by atoms with Crippen LogP contribution >= 0.6 is 0 Å². The number of rotatable bonds is 1. The second-order valence-corrected chi connectivity index (χ2v) is 4.54. The lowest BCUT2D eigenvalue weighted by molar-refractivity contribution is 0.0559. The molecule has 76 valence electrons. The molecule has 2 aliphatic rings. The zero-order valence-electron chi connectivity index (χ0n) is 8.35. The average Bonchev–Trinajstić information content (AvgIpc) is 2.54. The molecule has 2 rings (SSSR count). The monoisotopic (exact) mass is 186 g/mol. The van der Waals surface area contributed by atoms with Gasteiger partial charge in [0.15, 0.2) is 0 Å². The van der Waals surface area contributed by atoms with Crippen molar-refractivity contribution < 1.29 is 4.39 Å². The highest BCUT2D eigenvalue weighted by atomic mass is 19.1. The van der Waals surface area contributed by atoms with Crippen molar-refractivity contribution in [1.29, 1.82) is 0 Å². The van der Waals surface area contributed by atoms with Gasteiger partial charge in [-0.1, -0.05) is 0 Å². The summed E-state index contributed by atoms with van der Waals surface area (Å²) in [4.78, 5) is 2.29. The lowest BCUT2D eigenvalue weighted by Crippen LogP contribution is -2.42. The molecule has 0 aliphatic carbocycles. The molecule has 1 atom stereocenters. The molecule has 0 amide bonds. The van der Waals surface area contributed by atoms with Crippen LogP contribution in [0.3, 0.4) is 0 Å². The summed E-state index contributed by atoms with van der Waals surface area (Å²) in [5, 5.41) is 3.13. The van der Waals surface area contributed by atoms with Gasteiger partial charge in [0.1, 0.15) is 5.67 Å². The lowest BCUT2D eigenvalue weighted by atomic mass is 9.81. The number of nitrogens with zero attached hydrogens (tertiary/aromatic N) is 1. The number of likely N-dealkylation sites (tertiary alicyclic amines) is 1. The SMILES string of the molecule is CN1CCC(C2(F)CCNC2)CC1. The molecule has 3 heteroatoms. The summed E-state index contributed by atoms with van der Waals surface area (Å²) in [6.07, 6.45) is 2.80. The summed E-state index contributed by atoms with van der Waals surface area (Å²) in [7, 11) is 2.12. The molecule has 0 aromatic carbocycles. The number of piperidine rings is 1. The van der Waals surface area contributed by atoms with Crippen molar-refractivity contribution in [2.45, 2.75) is 24.9 Å². The largest absolute Gasteiger partial charge is 0.313 e. The van der Waals surface area contributed by atoms with Crippen LogP contribution in [-0.4, -0.2) is 43.8 Å². The molecule has 1 unspecified atom stereocenters. The third kappa shape index (κ3) is 1.86. The molecule has 0 aromatic rings. The summed E-state index contributed by atoms with van der Waals surface area (Å²) in [5.74, 6) is 0.304. The minimum Gasteiger partial charge on any atom is -0.313 e. The van der Waals surface area contributed by atoms with Crippen molar-refractivity contribution in [3.63, 3.8) is 0 Å². The van der Waals surface area contributed by atoms with E-state index in [4.69, 9.17) is 0 Å². The number of hydrogen-bond donors (Lipinski definition) is 1. The molecule has 1 N–H and O–H groups in total. The Balaban J connectivity index is 1.93. The Morgan fingerprint density at radius 1 is 1.38 bits per heavy atom. The van der Waals surface area contributed by atoms with Crippen molar-refractivity contribution in [1.82, 2.24) is 10.2 Å². The van der Waals surface area contributed by atoms with Gasteiger partial charge in [-0.05, 0) is 51.9 Å². The summed E-state index contributed by atoms with van der Waals surface area (Å²) in [6, 6.07) is 0. The normalized spacial score (nSPS) is 38.3. The van der Waals surface area contributed by atoms with Gasteiger partial charge in [-0.3, -0.25) is 0 Å². The Bertz CT molecular complexity index is 170. The van der Waals surface area contributed by atoms with Crippen LogP contribution in [0.15, 0.2) is 0 Å². The standard InChI is InChI=1S/C10H19FN2/c1-13-6-2-9(3-7-13)10(11)4-5-12-8-10/h9,12H,2-8H2,1H3. The van der Waals surface area contributed by atoms with Crippen molar-refractivity contribution in [3.05, 3.63) is 0 Å². The Morgan fingerprint density at radius 3 is 2.62 bits per heavy atom. The van der Waals surface area contributed by atoms with Gasteiger partial charge in [-0.2, -0.15) is 0 Å². The molecule has 2 saturated heterocycles. The fourth-order valence-electron chi connectivity index (χ4n) is 2.56.